The van der Waals surface area contributed by atoms with Crippen molar-refractivity contribution in [3.8, 4) is 5.75 Å². The number of hydrogen-bond acceptors (Lipinski definition) is 2. The van der Waals surface area contributed by atoms with Crippen molar-refractivity contribution in [2.45, 2.75) is 44.2 Å². The summed E-state index contributed by atoms with van der Waals surface area (Å²) in [6.45, 7) is 2.31. The van der Waals surface area contributed by atoms with E-state index < -0.39 is 0 Å². The Balaban J connectivity index is 1.97. The molecule has 0 saturated heterocycles. The number of hydrogen-bond donors (Lipinski definition) is 1. The Hall–Kier alpha value is -0.540. The number of nitrogens with two attached hydrogens (primary N) is 1. The third-order valence-electron chi connectivity index (χ3n) is 4.11. The molecule has 1 fully saturated rings. The van der Waals surface area contributed by atoms with Crippen LogP contribution >= 0.6 is 15.9 Å². The van der Waals surface area contributed by atoms with E-state index in [0.717, 1.165) is 41.0 Å². The molecule has 1 spiro atoms. The predicted molar refractivity (Wildman–Crippen MR) is 72.1 cm³/mol. The maximum atomic E-state index is 6.30. The van der Waals surface area contributed by atoms with Crippen LogP contribution in [0.1, 0.15) is 44.2 Å². The summed E-state index contributed by atoms with van der Waals surface area (Å²) in [6, 6.07) is 6.29. The first-order valence-electron chi connectivity index (χ1n) is 6.32. The van der Waals surface area contributed by atoms with Crippen molar-refractivity contribution in [2.75, 3.05) is 0 Å². The van der Waals surface area contributed by atoms with Crippen LogP contribution in [0.2, 0.25) is 0 Å². The molecule has 1 aromatic carbocycles. The molecular formula is C14H18BrNO. The lowest BCUT2D eigenvalue weighted by Gasteiger charge is -2.39. The first-order chi connectivity index (χ1) is 8.08. The van der Waals surface area contributed by atoms with Crippen molar-refractivity contribution < 1.29 is 4.74 Å². The van der Waals surface area contributed by atoms with E-state index >= 15 is 0 Å². The molecule has 2 aliphatic rings. The monoisotopic (exact) mass is 295 g/mol. The highest BCUT2D eigenvalue weighted by Gasteiger charge is 2.44. The van der Waals surface area contributed by atoms with E-state index in [0.29, 0.717) is 0 Å². The van der Waals surface area contributed by atoms with Gasteiger partial charge in [0.25, 0.3) is 0 Å². The van der Waals surface area contributed by atoms with E-state index in [-0.39, 0.29) is 11.6 Å². The zero-order chi connectivity index (χ0) is 12.0. The number of rotatable bonds is 0. The summed E-state index contributed by atoms with van der Waals surface area (Å²) in [5.74, 6) is 1.74. The smallest absolute Gasteiger partial charge is 0.126 e. The van der Waals surface area contributed by atoms with E-state index in [1.165, 1.54) is 6.42 Å². The van der Waals surface area contributed by atoms with E-state index in [1.807, 2.05) is 6.07 Å². The van der Waals surface area contributed by atoms with E-state index in [1.54, 1.807) is 0 Å². The van der Waals surface area contributed by atoms with Gasteiger partial charge in [0.05, 0.1) is 0 Å². The van der Waals surface area contributed by atoms with Crippen molar-refractivity contribution in [1.82, 2.24) is 0 Å². The number of halogens is 1. The van der Waals surface area contributed by atoms with Crippen LogP contribution < -0.4 is 10.5 Å². The molecule has 0 radical (unpaired) electrons. The van der Waals surface area contributed by atoms with Crippen molar-refractivity contribution in [1.29, 1.82) is 0 Å². The molecule has 17 heavy (non-hydrogen) atoms. The predicted octanol–water partition coefficient (Wildman–Crippen LogP) is 3.79. The van der Waals surface area contributed by atoms with Crippen LogP contribution in [0.15, 0.2) is 22.7 Å². The van der Waals surface area contributed by atoms with E-state index in [2.05, 4.69) is 35.0 Å². The molecule has 1 saturated carbocycles. The summed E-state index contributed by atoms with van der Waals surface area (Å²) >= 11 is 3.50. The highest BCUT2D eigenvalue weighted by Crippen LogP contribution is 2.48. The lowest BCUT2D eigenvalue weighted by Crippen LogP contribution is -2.40. The molecule has 1 heterocycles. The molecule has 0 bridgehead atoms. The largest absolute Gasteiger partial charge is 0.487 e. The van der Waals surface area contributed by atoms with Crippen LogP contribution in [0.5, 0.6) is 5.75 Å². The maximum Gasteiger partial charge on any atom is 0.126 e. The third kappa shape index (κ3) is 2.00. The molecular weight excluding hydrogens is 278 g/mol. The molecule has 0 aromatic heterocycles. The normalized spacial score (nSPS) is 35.7. The van der Waals surface area contributed by atoms with Crippen molar-refractivity contribution in [3.63, 3.8) is 0 Å². The molecule has 1 aliphatic carbocycles. The van der Waals surface area contributed by atoms with Gasteiger partial charge in [0, 0.05) is 22.5 Å². The van der Waals surface area contributed by atoms with E-state index in [9.17, 15) is 0 Å². The molecule has 3 atom stereocenters. The second-order valence-electron chi connectivity index (χ2n) is 5.63. The highest BCUT2D eigenvalue weighted by atomic mass is 79.9. The summed E-state index contributed by atoms with van der Waals surface area (Å²) in [4.78, 5) is 0. The van der Waals surface area contributed by atoms with Gasteiger partial charge in [-0.1, -0.05) is 28.9 Å². The van der Waals surface area contributed by atoms with Gasteiger partial charge in [0.15, 0.2) is 0 Å². The van der Waals surface area contributed by atoms with Crippen molar-refractivity contribution in [2.24, 2.45) is 11.7 Å². The Morgan fingerprint density at radius 1 is 1.41 bits per heavy atom. The zero-order valence-corrected chi connectivity index (χ0v) is 11.7. The topological polar surface area (TPSA) is 35.2 Å². The van der Waals surface area contributed by atoms with Gasteiger partial charge >= 0.3 is 0 Å². The van der Waals surface area contributed by atoms with Crippen LogP contribution in [0.4, 0.5) is 0 Å². The van der Waals surface area contributed by atoms with Gasteiger partial charge in [-0.3, -0.25) is 0 Å². The molecule has 92 valence electrons. The molecule has 2 nitrogen and oxygen atoms in total. The SMILES string of the molecule is CC1CCC2(C1)C[C@@H](N)c1ccc(Br)cc1O2. The average molecular weight is 296 g/mol. The number of ether oxygens (including phenoxy) is 1. The standard InChI is InChI=1S/C14H18BrNO/c1-9-4-5-14(7-9)8-12(16)11-3-2-10(15)6-13(11)17-14/h2-3,6,9,12H,4-5,7-8,16H2,1H3/t9?,12-,14?/m1/s1. The van der Waals surface area contributed by atoms with Crippen LogP contribution in [-0.2, 0) is 0 Å². The van der Waals surface area contributed by atoms with E-state index in [4.69, 9.17) is 10.5 Å². The fraction of sp³-hybridized carbons (Fsp3) is 0.571. The minimum absolute atomic E-state index is 0.00657. The lowest BCUT2D eigenvalue weighted by molar-refractivity contribution is 0.0393. The van der Waals surface area contributed by atoms with Crippen LogP contribution in [-0.4, -0.2) is 5.60 Å². The maximum absolute atomic E-state index is 6.30. The van der Waals surface area contributed by atoms with Crippen LogP contribution in [0.25, 0.3) is 0 Å². The second-order valence-corrected chi connectivity index (χ2v) is 6.54. The van der Waals surface area contributed by atoms with Gasteiger partial charge < -0.3 is 10.5 Å². The molecule has 3 rings (SSSR count). The summed E-state index contributed by atoms with van der Waals surface area (Å²) < 4.78 is 7.35. The molecule has 2 N–H and O–H groups in total. The number of fused-ring (bicyclic) bond motifs is 1. The van der Waals surface area contributed by atoms with Gasteiger partial charge in [0.2, 0.25) is 0 Å². The van der Waals surface area contributed by atoms with Crippen LogP contribution in [0.3, 0.4) is 0 Å². The first kappa shape index (κ1) is 11.5. The van der Waals surface area contributed by atoms with Gasteiger partial charge in [-0.2, -0.15) is 0 Å². The number of benzene rings is 1. The van der Waals surface area contributed by atoms with Gasteiger partial charge in [0.1, 0.15) is 11.4 Å². The first-order valence-corrected chi connectivity index (χ1v) is 7.11. The highest BCUT2D eigenvalue weighted by molar-refractivity contribution is 9.10. The van der Waals surface area contributed by atoms with Gasteiger partial charge in [-0.05, 0) is 37.3 Å². The summed E-state index contributed by atoms with van der Waals surface area (Å²) in [5, 5.41) is 0. The third-order valence-corrected chi connectivity index (χ3v) is 4.60. The van der Waals surface area contributed by atoms with Crippen molar-refractivity contribution in [3.05, 3.63) is 28.2 Å². The van der Waals surface area contributed by atoms with Crippen LogP contribution in [0, 0.1) is 5.92 Å². The minimum Gasteiger partial charge on any atom is -0.487 e. The molecule has 1 aliphatic heterocycles. The zero-order valence-electron chi connectivity index (χ0n) is 10.1. The lowest BCUT2D eigenvalue weighted by atomic mass is 9.86. The average Bonchev–Trinajstić information content (AvgIpc) is 2.58. The van der Waals surface area contributed by atoms with Crippen molar-refractivity contribution >= 4 is 15.9 Å². The fourth-order valence-electron chi connectivity index (χ4n) is 3.32. The quantitative estimate of drug-likeness (QED) is 0.790. The molecule has 2 unspecified atom stereocenters. The Morgan fingerprint density at radius 3 is 2.94 bits per heavy atom. The summed E-state index contributed by atoms with van der Waals surface area (Å²) in [6.07, 6.45) is 4.52. The minimum atomic E-state index is 0.00657. The Kier molecular flexibility index (Phi) is 2.71. The summed E-state index contributed by atoms with van der Waals surface area (Å²) in [7, 11) is 0. The fourth-order valence-corrected chi connectivity index (χ4v) is 3.66. The molecule has 1 aromatic rings. The molecule has 3 heteroatoms. The summed E-state index contributed by atoms with van der Waals surface area (Å²) in [5.41, 5.74) is 7.46. The van der Waals surface area contributed by atoms with Gasteiger partial charge in [-0.15, -0.1) is 0 Å². The Labute approximate surface area is 111 Å². The Morgan fingerprint density at radius 2 is 2.24 bits per heavy atom. The Bertz CT molecular complexity index is 448. The molecule has 0 amide bonds. The second kappa shape index (κ2) is 3.99. The van der Waals surface area contributed by atoms with Gasteiger partial charge in [-0.25, -0.2) is 0 Å².